The molecule has 0 spiro atoms. The smallest absolute Gasteiger partial charge is 0.337 e. The molecule has 0 unspecified atom stereocenters. The van der Waals surface area contributed by atoms with E-state index in [9.17, 15) is 14.7 Å². The van der Waals surface area contributed by atoms with Crippen LogP contribution in [0.15, 0.2) is 97.1 Å². The Hall–Kier alpha value is -4.58. The molecule has 0 aliphatic rings. The first-order valence-corrected chi connectivity index (χ1v) is 10.8. The average Bonchev–Trinajstić information content (AvgIpc) is 2.88. The van der Waals surface area contributed by atoms with Gasteiger partial charge in [0.1, 0.15) is 12.4 Å². The molecule has 1 amide bonds. The van der Waals surface area contributed by atoms with Crippen molar-refractivity contribution in [3.63, 3.8) is 0 Å². The van der Waals surface area contributed by atoms with Gasteiger partial charge >= 0.3 is 5.97 Å². The van der Waals surface area contributed by atoms with E-state index < -0.39 is 11.9 Å². The van der Waals surface area contributed by atoms with Crippen LogP contribution in [0.2, 0.25) is 0 Å². The zero-order chi connectivity index (χ0) is 23.9. The Labute approximate surface area is 197 Å². The zero-order valence-corrected chi connectivity index (χ0v) is 18.6. The molecule has 0 aliphatic carbocycles. The van der Waals surface area contributed by atoms with Gasteiger partial charge in [-0.3, -0.25) is 4.79 Å². The van der Waals surface area contributed by atoms with Crippen molar-refractivity contribution in [2.75, 3.05) is 17.7 Å². The maximum absolute atomic E-state index is 13.3. The van der Waals surface area contributed by atoms with E-state index in [4.69, 9.17) is 4.74 Å². The van der Waals surface area contributed by atoms with E-state index in [-0.39, 0.29) is 17.9 Å². The van der Waals surface area contributed by atoms with Gasteiger partial charge in [0.25, 0.3) is 5.91 Å². The minimum absolute atomic E-state index is 0.00614. The number of amides is 1. The van der Waals surface area contributed by atoms with Crippen LogP contribution in [-0.4, -0.2) is 24.0 Å². The summed E-state index contributed by atoms with van der Waals surface area (Å²) in [5.74, 6) is -1.19. The van der Waals surface area contributed by atoms with Crippen molar-refractivity contribution >= 4 is 23.3 Å². The van der Waals surface area contributed by atoms with Gasteiger partial charge in [-0.15, -0.1) is 0 Å². The van der Waals surface area contributed by atoms with Gasteiger partial charge in [0, 0.05) is 18.8 Å². The summed E-state index contributed by atoms with van der Waals surface area (Å²) in [5, 5.41) is 15.5. The summed E-state index contributed by atoms with van der Waals surface area (Å²) >= 11 is 0. The summed E-state index contributed by atoms with van der Waals surface area (Å²) in [4.78, 5) is 25.1. The number of nitrogens with one attached hydrogen (secondary N) is 2. The zero-order valence-electron chi connectivity index (χ0n) is 18.6. The lowest BCUT2D eigenvalue weighted by molar-refractivity contribution is 0.0698. The van der Waals surface area contributed by atoms with Gasteiger partial charge < -0.3 is 20.5 Å². The van der Waals surface area contributed by atoms with Crippen LogP contribution in [0.1, 0.15) is 26.3 Å². The third-order valence-electron chi connectivity index (χ3n) is 5.36. The van der Waals surface area contributed by atoms with E-state index in [2.05, 4.69) is 10.6 Å². The van der Waals surface area contributed by atoms with Crippen LogP contribution in [0.25, 0.3) is 11.1 Å². The second-order valence-electron chi connectivity index (χ2n) is 7.62. The molecule has 6 nitrogen and oxygen atoms in total. The highest BCUT2D eigenvalue weighted by Crippen LogP contribution is 2.29. The Morgan fingerprint density at radius 1 is 0.794 bits per heavy atom. The summed E-state index contributed by atoms with van der Waals surface area (Å²) in [7, 11) is 1.78. The van der Waals surface area contributed by atoms with Crippen LogP contribution in [-0.2, 0) is 6.61 Å². The summed E-state index contributed by atoms with van der Waals surface area (Å²) in [6.07, 6.45) is 0. The van der Waals surface area contributed by atoms with Gasteiger partial charge in [0.15, 0.2) is 0 Å². The van der Waals surface area contributed by atoms with Gasteiger partial charge in [0.2, 0.25) is 0 Å². The Kier molecular flexibility index (Phi) is 6.89. The number of hydrogen-bond acceptors (Lipinski definition) is 4. The van der Waals surface area contributed by atoms with Gasteiger partial charge in [-0.1, -0.05) is 66.7 Å². The predicted molar refractivity (Wildman–Crippen MR) is 134 cm³/mol. The van der Waals surface area contributed by atoms with Gasteiger partial charge in [-0.25, -0.2) is 4.79 Å². The second kappa shape index (κ2) is 10.4. The molecule has 4 rings (SSSR count). The van der Waals surface area contributed by atoms with Crippen LogP contribution in [0.5, 0.6) is 5.75 Å². The lowest BCUT2D eigenvalue weighted by Crippen LogP contribution is -2.16. The summed E-state index contributed by atoms with van der Waals surface area (Å²) < 4.78 is 5.98. The number of carbonyl (C=O) groups excluding carboxylic acids is 1. The monoisotopic (exact) mass is 452 g/mol. The van der Waals surface area contributed by atoms with Crippen LogP contribution in [0.4, 0.5) is 11.4 Å². The number of rotatable bonds is 8. The number of anilines is 2. The minimum Gasteiger partial charge on any atom is -0.488 e. The van der Waals surface area contributed by atoms with Crippen molar-refractivity contribution in [1.82, 2.24) is 0 Å². The third-order valence-corrected chi connectivity index (χ3v) is 5.36. The molecular weight excluding hydrogens is 428 g/mol. The molecule has 170 valence electrons. The molecule has 0 aromatic heterocycles. The van der Waals surface area contributed by atoms with Crippen LogP contribution in [0.3, 0.4) is 0 Å². The number of benzene rings is 4. The molecule has 0 radical (unpaired) electrons. The predicted octanol–water partition coefficient (Wildman–Crippen LogP) is 5.92. The summed E-state index contributed by atoms with van der Waals surface area (Å²) in [6, 6.07) is 29.3. The maximum Gasteiger partial charge on any atom is 0.337 e. The third kappa shape index (κ3) is 5.24. The van der Waals surface area contributed by atoms with Crippen molar-refractivity contribution in [3.05, 3.63) is 114 Å². The van der Waals surface area contributed by atoms with E-state index >= 15 is 0 Å². The largest absolute Gasteiger partial charge is 0.488 e. The fourth-order valence-corrected chi connectivity index (χ4v) is 3.55. The number of carboxylic acids is 1. The highest BCUT2D eigenvalue weighted by atomic mass is 16.5. The lowest BCUT2D eigenvalue weighted by Gasteiger charge is -2.15. The number of carbonyl (C=O) groups is 2. The van der Waals surface area contributed by atoms with E-state index in [1.165, 1.54) is 6.07 Å². The molecule has 6 heteroatoms. The quantitative estimate of drug-likeness (QED) is 0.309. The maximum atomic E-state index is 13.3. The summed E-state index contributed by atoms with van der Waals surface area (Å²) in [6.45, 7) is 0.290. The number of hydrogen-bond donors (Lipinski definition) is 3. The van der Waals surface area contributed by atoms with Crippen molar-refractivity contribution in [2.24, 2.45) is 0 Å². The van der Waals surface area contributed by atoms with E-state index in [0.717, 1.165) is 22.4 Å². The topological polar surface area (TPSA) is 87.7 Å². The van der Waals surface area contributed by atoms with Crippen molar-refractivity contribution in [3.8, 4) is 16.9 Å². The number of aromatic carboxylic acids is 1. The van der Waals surface area contributed by atoms with Crippen molar-refractivity contribution in [2.45, 2.75) is 6.61 Å². The molecule has 4 aromatic rings. The van der Waals surface area contributed by atoms with Gasteiger partial charge in [-0.05, 0) is 41.0 Å². The molecular formula is C28H24N2O4. The average molecular weight is 453 g/mol. The van der Waals surface area contributed by atoms with Crippen LogP contribution < -0.4 is 15.4 Å². The molecule has 0 bridgehead atoms. The van der Waals surface area contributed by atoms with E-state index in [0.29, 0.717) is 11.3 Å². The molecule has 0 heterocycles. The SMILES string of the molecule is CNc1ccc(C(=O)Nc2cc(-c3ccccc3)ccc2C(=O)O)c(OCc2ccccc2)c1. The molecule has 0 saturated carbocycles. The van der Waals surface area contributed by atoms with Crippen molar-refractivity contribution < 1.29 is 19.4 Å². The van der Waals surface area contributed by atoms with E-state index in [1.807, 2.05) is 60.7 Å². The number of ether oxygens (including phenoxy) is 1. The second-order valence-corrected chi connectivity index (χ2v) is 7.62. The molecule has 3 N–H and O–H groups in total. The lowest BCUT2D eigenvalue weighted by atomic mass is 10.0. The molecule has 0 saturated heterocycles. The normalized spacial score (nSPS) is 10.4. The molecule has 0 atom stereocenters. The Morgan fingerprint density at radius 2 is 1.47 bits per heavy atom. The highest BCUT2D eigenvalue weighted by molar-refractivity contribution is 6.09. The summed E-state index contributed by atoms with van der Waals surface area (Å²) in [5.41, 5.74) is 3.99. The molecule has 34 heavy (non-hydrogen) atoms. The van der Waals surface area contributed by atoms with Crippen molar-refractivity contribution in [1.29, 1.82) is 0 Å². The first-order valence-electron chi connectivity index (χ1n) is 10.8. The fraction of sp³-hybridized carbons (Fsp3) is 0.0714. The van der Waals surface area contributed by atoms with E-state index in [1.54, 1.807) is 37.4 Å². The first-order chi connectivity index (χ1) is 16.5. The fourth-order valence-electron chi connectivity index (χ4n) is 3.55. The molecule has 0 fully saturated rings. The Balaban J connectivity index is 1.65. The first kappa shape index (κ1) is 22.6. The Morgan fingerprint density at radius 3 is 2.15 bits per heavy atom. The van der Waals surface area contributed by atoms with Gasteiger partial charge in [0.05, 0.1) is 16.8 Å². The van der Waals surface area contributed by atoms with Crippen LogP contribution in [0, 0.1) is 0 Å². The minimum atomic E-state index is -1.12. The number of carboxylic acid groups (broad SMARTS) is 1. The van der Waals surface area contributed by atoms with Crippen LogP contribution >= 0.6 is 0 Å². The van der Waals surface area contributed by atoms with Gasteiger partial charge in [-0.2, -0.15) is 0 Å². The highest BCUT2D eigenvalue weighted by Gasteiger charge is 2.18. The standard InChI is InChI=1S/C28H24N2O4/c1-29-22-13-15-24(26(17-22)34-18-19-8-4-2-5-9-19)27(31)30-25-16-21(12-14-23(25)28(32)33)20-10-6-3-7-11-20/h2-17,29H,18H2,1H3,(H,30,31)(H,32,33). The molecule has 4 aromatic carbocycles. The Bertz CT molecular complexity index is 1300. The molecule has 0 aliphatic heterocycles.